The Kier molecular flexibility index (Phi) is 3.39. The van der Waals surface area contributed by atoms with E-state index in [1.54, 1.807) is 12.1 Å². The van der Waals surface area contributed by atoms with E-state index in [4.69, 9.17) is 0 Å². The second-order valence-corrected chi connectivity index (χ2v) is 5.39. The molecular formula is C12H15NO2S. The van der Waals surface area contributed by atoms with E-state index in [1.807, 2.05) is 19.1 Å². The molecule has 2 N–H and O–H groups in total. The van der Waals surface area contributed by atoms with Crippen LogP contribution in [0.25, 0.3) is 0 Å². The molecule has 1 fully saturated rings. The third kappa shape index (κ3) is 2.92. The van der Waals surface area contributed by atoms with Gasteiger partial charge in [-0.15, -0.1) is 11.8 Å². The minimum Gasteiger partial charge on any atom is -0.507 e. The fourth-order valence-electron chi connectivity index (χ4n) is 1.35. The lowest BCUT2D eigenvalue weighted by Crippen LogP contribution is -2.32. The normalized spacial score (nSPS) is 16.8. The highest BCUT2D eigenvalue weighted by molar-refractivity contribution is 8.00. The number of carbonyl (C=O) groups is 1. The SMILES string of the molecule is CC(Sc1ccccc1O)C(=O)NC1CC1. The van der Waals surface area contributed by atoms with Gasteiger partial charge in [-0.25, -0.2) is 0 Å². The third-order valence-electron chi connectivity index (χ3n) is 2.46. The number of amides is 1. The summed E-state index contributed by atoms with van der Waals surface area (Å²) in [7, 11) is 0. The molecule has 86 valence electrons. The Morgan fingerprint density at radius 1 is 1.50 bits per heavy atom. The molecule has 0 spiro atoms. The van der Waals surface area contributed by atoms with Gasteiger partial charge in [-0.1, -0.05) is 12.1 Å². The molecular weight excluding hydrogens is 222 g/mol. The van der Waals surface area contributed by atoms with E-state index < -0.39 is 0 Å². The molecule has 0 aliphatic heterocycles. The van der Waals surface area contributed by atoms with Crippen LogP contribution in [0.1, 0.15) is 19.8 Å². The Morgan fingerprint density at radius 3 is 2.81 bits per heavy atom. The molecule has 16 heavy (non-hydrogen) atoms. The lowest BCUT2D eigenvalue weighted by molar-refractivity contribution is -0.120. The van der Waals surface area contributed by atoms with Crippen LogP contribution in [-0.4, -0.2) is 22.3 Å². The molecule has 1 aromatic rings. The number of nitrogens with one attached hydrogen (secondary N) is 1. The van der Waals surface area contributed by atoms with Crippen molar-refractivity contribution in [2.24, 2.45) is 0 Å². The highest BCUT2D eigenvalue weighted by Gasteiger charge is 2.26. The summed E-state index contributed by atoms with van der Waals surface area (Å²) in [5.41, 5.74) is 0. The quantitative estimate of drug-likeness (QED) is 0.789. The first-order valence-corrected chi connectivity index (χ1v) is 6.30. The smallest absolute Gasteiger partial charge is 0.233 e. The molecule has 1 atom stereocenters. The Morgan fingerprint density at radius 2 is 2.19 bits per heavy atom. The summed E-state index contributed by atoms with van der Waals surface area (Å²) in [6.07, 6.45) is 2.19. The van der Waals surface area contributed by atoms with Crippen LogP contribution in [0.2, 0.25) is 0 Å². The van der Waals surface area contributed by atoms with Crippen molar-refractivity contribution in [3.8, 4) is 5.75 Å². The number of thioether (sulfide) groups is 1. The monoisotopic (exact) mass is 237 g/mol. The van der Waals surface area contributed by atoms with E-state index in [0.29, 0.717) is 6.04 Å². The summed E-state index contributed by atoms with van der Waals surface area (Å²) in [6, 6.07) is 7.47. The van der Waals surface area contributed by atoms with Gasteiger partial charge in [0.05, 0.1) is 5.25 Å². The highest BCUT2D eigenvalue weighted by atomic mass is 32.2. The Bertz CT molecular complexity index is 390. The van der Waals surface area contributed by atoms with E-state index in [9.17, 15) is 9.90 Å². The molecule has 1 aliphatic rings. The average molecular weight is 237 g/mol. The summed E-state index contributed by atoms with van der Waals surface area (Å²) < 4.78 is 0. The van der Waals surface area contributed by atoms with Crippen LogP contribution in [0, 0.1) is 0 Å². The van der Waals surface area contributed by atoms with Crippen LogP contribution < -0.4 is 5.32 Å². The van der Waals surface area contributed by atoms with Crippen LogP contribution in [0.5, 0.6) is 5.75 Å². The topological polar surface area (TPSA) is 49.3 Å². The molecule has 2 rings (SSSR count). The van der Waals surface area contributed by atoms with E-state index in [1.165, 1.54) is 11.8 Å². The van der Waals surface area contributed by atoms with Crippen LogP contribution in [0.4, 0.5) is 0 Å². The number of hydrogen-bond acceptors (Lipinski definition) is 3. The minimum atomic E-state index is -0.172. The van der Waals surface area contributed by atoms with Gasteiger partial charge in [-0.3, -0.25) is 4.79 Å². The van der Waals surface area contributed by atoms with E-state index in [-0.39, 0.29) is 16.9 Å². The Hall–Kier alpha value is -1.16. The molecule has 3 nitrogen and oxygen atoms in total. The second kappa shape index (κ2) is 4.78. The summed E-state index contributed by atoms with van der Waals surface area (Å²) in [5.74, 6) is 0.286. The number of phenols is 1. The molecule has 1 saturated carbocycles. The summed E-state index contributed by atoms with van der Waals surface area (Å²) >= 11 is 1.39. The molecule has 0 bridgehead atoms. The Balaban J connectivity index is 1.92. The molecule has 4 heteroatoms. The van der Waals surface area contributed by atoms with Crippen molar-refractivity contribution in [3.63, 3.8) is 0 Å². The number of carbonyl (C=O) groups excluding carboxylic acids is 1. The molecule has 1 unspecified atom stereocenters. The zero-order valence-electron chi connectivity index (χ0n) is 9.14. The Labute approximate surface area is 99.2 Å². The van der Waals surface area contributed by atoms with Gasteiger partial charge in [0.2, 0.25) is 5.91 Å². The van der Waals surface area contributed by atoms with Gasteiger partial charge in [0.25, 0.3) is 0 Å². The number of aromatic hydroxyl groups is 1. The van der Waals surface area contributed by atoms with Crippen molar-refractivity contribution in [1.82, 2.24) is 5.32 Å². The fourth-order valence-corrected chi connectivity index (χ4v) is 2.25. The van der Waals surface area contributed by atoms with Crippen LogP contribution in [0.3, 0.4) is 0 Å². The van der Waals surface area contributed by atoms with Crippen molar-refractivity contribution in [2.75, 3.05) is 0 Å². The molecule has 0 radical (unpaired) electrons. The lowest BCUT2D eigenvalue weighted by atomic mass is 10.3. The van der Waals surface area contributed by atoms with Gasteiger partial charge in [0.1, 0.15) is 5.75 Å². The summed E-state index contributed by atoms with van der Waals surface area (Å²) in [4.78, 5) is 12.4. The van der Waals surface area contributed by atoms with Crippen molar-refractivity contribution in [1.29, 1.82) is 0 Å². The minimum absolute atomic E-state index is 0.0516. The van der Waals surface area contributed by atoms with Crippen LogP contribution in [0.15, 0.2) is 29.2 Å². The highest BCUT2D eigenvalue weighted by Crippen LogP contribution is 2.31. The number of rotatable bonds is 4. The predicted octanol–water partition coefficient (Wildman–Crippen LogP) is 2.15. The molecule has 1 amide bonds. The van der Waals surface area contributed by atoms with E-state index >= 15 is 0 Å². The summed E-state index contributed by atoms with van der Waals surface area (Å²) in [6.45, 7) is 1.86. The maximum absolute atomic E-state index is 11.7. The number of benzene rings is 1. The van der Waals surface area contributed by atoms with Crippen LogP contribution in [-0.2, 0) is 4.79 Å². The first-order valence-electron chi connectivity index (χ1n) is 5.42. The van der Waals surface area contributed by atoms with Gasteiger partial charge in [0, 0.05) is 10.9 Å². The first kappa shape index (κ1) is 11.3. The molecule has 0 saturated heterocycles. The molecule has 1 aliphatic carbocycles. The maximum Gasteiger partial charge on any atom is 0.233 e. The largest absolute Gasteiger partial charge is 0.507 e. The summed E-state index contributed by atoms with van der Waals surface area (Å²) in [5, 5.41) is 12.4. The predicted molar refractivity (Wildman–Crippen MR) is 64.6 cm³/mol. The van der Waals surface area contributed by atoms with E-state index in [0.717, 1.165) is 17.7 Å². The van der Waals surface area contributed by atoms with Crippen molar-refractivity contribution in [2.45, 2.75) is 36.0 Å². The van der Waals surface area contributed by atoms with Gasteiger partial charge >= 0.3 is 0 Å². The lowest BCUT2D eigenvalue weighted by Gasteiger charge is -2.12. The number of para-hydroxylation sites is 1. The average Bonchev–Trinajstić information content (AvgIpc) is 3.05. The maximum atomic E-state index is 11.7. The molecule has 0 heterocycles. The molecule has 1 aromatic carbocycles. The van der Waals surface area contributed by atoms with Crippen molar-refractivity contribution >= 4 is 17.7 Å². The van der Waals surface area contributed by atoms with E-state index in [2.05, 4.69) is 5.32 Å². The van der Waals surface area contributed by atoms with Gasteiger partial charge < -0.3 is 10.4 Å². The second-order valence-electron chi connectivity index (χ2n) is 4.01. The standard InChI is InChI=1S/C12H15NO2S/c1-8(12(15)13-9-6-7-9)16-11-5-3-2-4-10(11)14/h2-5,8-9,14H,6-7H2,1H3,(H,13,15). The number of phenolic OH excluding ortho intramolecular Hbond substituents is 1. The van der Waals surface area contributed by atoms with Gasteiger partial charge in [0.15, 0.2) is 0 Å². The van der Waals surface area contributed by atoms with Crippen LogP contribution >= 0.6 is 11.8 Å². The van der Waals surface area contributed by atoms with Gasteiger partial charge in [-0.05, 0) is 31.9 Å². The first-order chi connectivity index (χ1) is 7.66. The number of hydrogen-bond donors (Lipinski definition) is 2. The molecule has 0 aromatic heterocycles. The zero-order chi connectivity index (χ0) is 11.5. The zero-order valence-corrected chi connectivity index (χ0v) is 9.96. The fraction of sp³-hybridized carbons (Fsp3) is 0.417. The van der Waals surface area contributed by atoms with Crippen molar-refractivity contribution < 1.29 is 9.90 Å². The van der Waals surface area contributed by atoms with Gasteiger partial charge in [-0.2, -0.15) is 0 Å². The van der Waals surface area contributed by atoms with Crippen molar-refractivity contribution in [3.05, 3.63) is 24.3 Å². The third-order valence-corrected chi connectivity index (χ3v) is 3.63.